The number of carboxylic acids is 2. The summed E-state index contributed by atoms with van der Waals surface area (Å²) in [6.45, 7) is 2.64. The monoisotopic (exact) mass is 446 g/mol. The number of benzene rings is 1. The second-order valence-corrected chi connectivity index (χ2v) is 7.80. The Morgan fingerprint density at radius 2 is 1.84 bits per heavy atom. The normalized spacial score (nSPS) is 11.0. The molecule has 0 saturated heterocycles. The molecule has 0 radical (unpaired) electrons. The number of rotatable bonds is 10. The zero-order valence-electron chi connectivity index (χ0n) is 17.1. The van der Waals surface area contributed by atoms with Crippen LogP contribution in [-0.4, -0.2) is 52.0 Å². The number of aromatic carboxylic acids is 2. The summed E-state index contributed by atoms with van der Waals surface area (Å²) in [5, 5.41) is 18.6. The van der Waals surface area contributed by atoms with E-state index >= 15 is 0 Å². The molecule has 3 rings (SSSR count). The molecule has 9 nitrogen and oxygen atoms in total. The summed E-state index contributed by atoms with van der Waals surface area (Å²) in [5.41, 5.74) is 0.322. The lowest BCUT2D eigenvalue weighted by molar-refractivity contribution is 0.0688. The van der Waals surface area contributed by atoms with Crippen molar-refractivity contribution in [3.63, 3.8) is 0 Å². The van der Waals surface area contributed by atoms with E-state index in [1.807, 2.05) is 0 Å². The zero-order valence-corrected chi connectivity index (χ0v) is 17.9. The van der Waals surface area contributed by atoms with Gasteiger partial charge in [-0.3, -0.25) is 9.36 Å². The van der Waals surface area contributed by atoms with Gasteiger partial charge >= 0.3 is 11.9 Å². The maximum absolute atomic E-state index is 13.1. The number of fused-ring (bicyclic) bond motifs is 1. The number of hydrogen-bond donors (Lipinski definition) is 2. The molecule has 1 aromatic carbocycles. The molecule has 0 saturated carbocycles. The van der Waals surface area contributed by atoms with Gasteiger partial charge < -0.3 is 19.7 Å². The van der Waals surface area contributed by atoms with Crippen LogP contribution in [0.2, 0.25) is 0 Å². The van der Waals surface area contributed by atoms with E-state index in [9.17, 15) is 19.5 Å². The first-order valence-corrected chi connectivity index (χ1v) is 10.4. The van der Waals surface area contributed by atoms with Gasteiger partial charge in [0.15, 0.2) is 0 Å². The first-order valence-electron chi connectivity index (χ1n) is 9.54. The lowest BCUT2D eigenvalue weighted by Crippen LogP contribution is -2.27. The van der Waals surface area contributed by atoms with Crippen LogP contribution in [0.15, 0.2) is 29.1 Å². The quantitative estimate of drug-likeness (QED) is 0.455. The Labute approximate surface area is 181 Å². The van der Waals surface area contributed by atoms with Crippen molar-refractivity contribution in [3.05, 3.63) is 56.4 Å². The van der Waals surface area contributed by atoms with Gasteiger partial charge in [0.1, 0.15) is 21.3 Å². The highest BCUT2D eigenvalue weighted by atomic mass is 32.1. The summed E-state index contributed by atoms with van der Waals surface area (Å²) in [7, 11) is 1.56. The Bertz CT molecular complexity index is 1170. The van der Waals surface area contributed by atoms with Crippen LogP contribution in [0.1, 0.15) is 37.8 Å². The van der Waals surface area contributed by atoms with E-state index in [1.165, 1.54) is 12.1 Å². The standard InChI is InChI=1S/C21H22N2O7S/c1-12-16-18(31-17(12)21(27)28)22-15(8-11-29-2)23(19(16)24)9-3-10-30-14-6-4-13(5-7-14)20(25)26/h4-7H,3,8-11H2,1-2H3,(H,25,26)(H,27,28). The van der Waals surface area contributed by atoms with Gasteiger partial charge in [-0.1, -0.05) is 0 Å². The SMILES string of the molecule is COCCc1nc2sc(C(=O)O)c(C)c2c(=O)n1CCCOc1ccc(C(=O)O)cc1. The van der Waals surface area contributed by atoms with Crippen LogP contribution in [0.25, 0.3) is 10.2 Å². The molecular weight excluding hydrogens is 424 g/mol. The largest absolute Gasteiger partial charge is 0.494 e. The van der Waals surface area contributed by atoms with Crippen molar-refractivity contribution in [1.82, 2.24) is 9.55 Å². The topological polar surface area (TPSA) is 128 Å². The van der Waals surface area contributed by atoms with Crippen LogP contribution >= 0.6 is 11.3 Å². The van der Waals surface area contributed by atoms with Gasteiger partial charge in [-0.15, -0.1) is 11.3 Å². The van der Waals surface area contributed by atoms with Gasteiger partial charge in [-0.2, -0.15) is 0 Å². The first-order chi connectivity index (χ1) is 14.8. The third kappa shape index (κ3) is 4.92. The molecule has 31 heavy (non-hydrogen) atoms. The average Bonchev–Trinajstić information content (AvgIpc) is 3.08. The van der Waals surface area contributed by atoms with Crippen molar-refractivity contribution in [2.24, 2.45) is 0 Å². The summed E-state index contributed by atoms with van der Waals surface area (Å²) < 4.78 is 12.3. The Hall–Kier alpha value is -3.24. The van der Waals surface area contributed by atoms with Crippen molar-refractivity contribution in [1.29, 1.82) is 0 Å². The molecule has 0 fully saturated rings. The van der Waals surface area contributed by atoms with Crippen LogP contribution in [-0.2, 0) is 17.7 Å². The molecule has 2 aromatic heterocycles. The van der Waals surface area contributed by atoms with Crippen molar-refractivity contribution < 1.29 is 29.3 Å². The Balaban J connectivity index is 1.79. The number of ether oxygens (including phenoxy) is 2. The Morgan fingerprint density at radius 1 is 1.13 bits per heavy atom. The summed E-state index contributed by atoms with van der Waals surface area (Å²) in [6, 6.07) is 6.08. The van der Waals surface area contributed by atoms with E-state index in [2.05, 4.69) is 4.98 Å². The summed E-state index contributed by atoms with van der Waals surface area (Å²) in [6.07, 6.45) is 0.918. The number of aromatic nitrogens is 2. The van der Waals surface area contributed by atoms with Crippen molar-refractivity contribution in [2.75, 3.05) is 20.3 Å². The number of methoxy groups -OCH3 is 1. The fraction of sp³-hybridized carbons (Fsp3) is 0.333. The van der Waals surface area contributed by atoms with E-state index in [1.54, 1.807) is 30.7 Å². The molecule has 164 valence electrons. The van der Waals surface area contributed by atoms with Gasteiger partial charge in [0.2, 0.25) is 0 Å². The average molecular weight is 446 g/mol. The van der Waals surface area contributed by atoms with Gasteiger partial charge in [0.25, 0.3) is 5.56 Å². The highest BCUT2D eigenvalue weighted by Gasteiger charge is 2.21. The van der Waals surface area contributed by atoms with Crippen LogP contribution in [0.5, 0.6) is 5.75 Å². The van der Waals surface area contributed by atoms with Crippen molar-refractivity contribution in [3.8, 4) is 5.75 Å². The minimum Gasteiger partial charge on any atom is -0.494 e. The second kappa shape index (κ2) is 9.71. The Kier molecular flexibility index (Phi) is 7.03. The van der Waals surface area contributed by atoms with E-state index in [0.29, 0.717) is 60.0 Å². The Morgan fingerprint density at radius 3 is 2.45 bits per heavy atom. The summed E-state index contributed by atoms with van der Waals surface area (Å²) in [5.74, 6) is -1.02. The predicted molar refractivity (Wildman–Crippen MR) is 115 cm³/mol. The van der Waals surface area contributed by atoms with Gasteiger partial charge in [0.05, 0.1) is 24.2 Å². The molecule has 3 aromatic rings. The fourth-order valence-corrected chi connectivity index (χ4v) is 4.21. The number of carboxylic acid groups (broad SMARTS) is 2. The fourth-order valence-electron chi connectivity index (χ4n) is 3.18. The summed E-state index contributed by atoms with van der Waals surface area (Å²) >= 11 is 1.000. The number of carbonyl (C=O) groups is 2. The zero-order chi connectivity index (χ0) is 22.5. The number of nitrogens with zero attached hydrogens (tertiary/aromatic N) is 2. The van der Waals surface area contributed by atoms with Crippen LogP contribution < -0.4 is 10.3 Å². The van der Waals surface area contributed by atoms with Gasteiger partial charge in [-0.05, 0) is 43.2 Å². The van der Waals surface area contributed by atoms with E-state index in [4.69, 9.17) is 14.6 Å². The third-order valence-electron chi connectivity index (χ3n) is 4.75. The number of thiophene rings is 1. The molecule has 0 atom stereocenters. The molecule has 10 heteroatoms. The smallest absolute Gasteiger partial charge is 0.346 e. The molecule has 0 bridgehead atoms. The molecule has 0 aliphatic rings. The molecule has 0 spiro atoms. The number of hydrogen-bond acceptors (Lipinski definition) is 7. The number of aryl methyl sites for hydroxylation is 1. The lowest BCUT2D eigenvalue weighted by Gasteiger charge is -2.13. The highest BCUT2D eigenvalue weighted by molar-refractivity contribution is 7.20. The molecule has 0 aliphatic heterocycles. The predicted octanol–water partition coefficient (Wildman–Crippen LogP) is 2.82. The van der Waals surface area contributed by atoms with Gasteiger partial charge in [0, 0.05) is 20.1 Å². The third-order valence-corrected chi connectivity index (χ3v) is 5.92. The lowest BCUT2D eigenvalue weighted by atomic mass is 10.2. The van der Waals surface area contributed by atoms with Crippen LogP contribution in [0, 0.1) is 6.92 Å². The van der Waals surface area contributed by atoms with Crippen LogP contribution in [0.3, 0.4) is 0 Å². The van der Waals surface area contributed by atoms with Gasteiger partial charge in [-0.25, -0.2) is 14.6 Å². The molecule has 2 N–H and O–H groups in total. The second-order valence-electron chi connectivity index (χ2n) is 6.80. The van der Waals surface area contributed by atoms with E-state index < -0.39 is 11.9 Å². The maximum atomic E-state index is 13.1. The minimum absolute atomic E-state index is 0.114. The molecule has 2 heterocycles. The minimum atomic E-state index is -1.08. The maximum Gasteiger partial charge on any atom is 0.346 e. The van der Waals surface area contributed by atoms with Crippen LogP contribution in [0.4, 0.5) is 0 Å². The van der Waals surface area contributed by atoms with E-state index in [0.717, 1.165) is 11.3 Å². The molecule has 0 amide bonds. The van der Waals surface area contributed by atoms with E-state index in [-0.39, 0.29) is 16.0 Å². The first kappa shape index (κ1) is 22.4. The van der Waals surface area contributed by atoms with Crippen molar-refractivity contribution in [2.45, 2.75) is 26.3 Å². The molecule has 0 aliphatic carbocycles. The molecular formula is C21H22N2O7S. The highest BCUT2D eigenvalue weighted by Crippen LogP contribution is 2.27. The van der Waals surface area contributed by atoms with Crippen molar-refractivity contribution >= 4 is 33.5 Å². The summed E-state index contributed by atoms with van der Waals surface area (Å²) in [4.78, 5) is 40.6. The molecule has 0 unspecified atom stereocenters.